The van der Waals surface area contributed by atoms with Crippen molar-refractivity contribution in [3.63, 3.8) is 0 Å². The lowest BCUT2D eigenvalue weighted by Crippen LogP contribution is -2.15. The number of fused-ring (bicyclic) bond motifs is 4. The summed E-state index contributed by atoms with van der Waals surface area (Å²) < 4.78 is 21.0. The fraction of sp³-hybridized carbons (Fsp3) is 0.167. The predicted octanol–water partition coefficient (Wildman–Crippen LogP) is 5.45. The second-order valence-electron chi connectivity index (χ2n) is 9.54. The summed E-state index contributed by atoms with van der Waals surface area (Å²) in [4.78, 5) is 15.0. The first-order valence-electron chi connectivity index (χ1n) is 13.0. The lowest BCUT2D eigenvalue weighted by Gasteiger charge is -2.24. The predicted molar refractivity (Wildman–Crippen MR) is 149 cm³/mol. The van der Waals surface area contributed by atoms with E-state index in [1.807, 2.05) is 80.6 Å². The van der Waals surface area contributed by atoms with Crippen molar-refractivity contribution in [2.45, 2.75) is 26.4 Å². The van der Waals surface area contributed by atoms with E-state index in [2.05, 4.69) is 15.2 Å². The van der Waals surface area contributed by atoms with E-state index < -0.39 is 0 Å². The number of rotatable bonds is 7. The Hall–Kier alpha value is -5.45. The molecule has 0 amide bonds. The van der Waals surface area contributed by atoms with Crippen LogP contribution in [-0.4, -0.2) is 42.2 Å². The summed E-state index contributed by atoms with van der Waals surface area (Å²) in [5.74, 6) is 2.60. The Morgan fingerprint density at radius 3 is 2.59 bits per heavy atom. The molecule has 1 aliphatic rings. The molecular weight excluding hydrogens is 522 g/mol. The molecule has 204 valence electrons. The molecule has 5 heterocycles. The van der Waals surface area contributed by atoms with E-state index in [1.165, 1.54) is 0 Å². The van der Waals surface area contributed by atoms with Crippen LogP contribution in [0.15, 0.2) is 88.9 Å². The van der Waals surface area contributed by atoms with Crippen LogP contribution >= 0.6 is 0 Å². The molecule has 7 rings (SSSR count). The molecule has 1 unspecified atom stereocenters. The highest BCUT2D eigenvalue weighted by atomic mass is 16.6. The van der Waals surface area contributed by atoms with Crippen LogP contribution in [0.1, 0.15) is 46.8 Å². The molecule has 0 bridgehead atoms. The number of hydrogen-bond acceptors (Lipinski definition) is 9. The minimum absolute atomic E-state index is 0.0758. The van der Waals surface area contributed by atoms with Crippen molar-refractivity contribution in [1.29, 1.82) is 0 Å². The Balaban J connectivity index is 1.25. The number of benzene rings is 2. The smallest absolute Gasteiger partial charge is 0.230 e. The van der Waals surface area contributed by atoms with E-state index >= 15 is 0 Å². The number of aryl methyl sites for hydroxylation is 1. The van der Waals surface area contributed by atoms with Gasteiger partial charge in [0.25, 0.3) is 0 Å². The number of hydrogen-bond donors (Lipinski definition) is 0. The zero-order valence-corrected chi connectivity index (χ0v) is 22.6. The molecule has 0 fully saturated rings. The maximum atomic E-state index is 6.41. The summed E-state index contributed by atoms with van der Waals surface area (Å²) >= 11 is 0. The summed E-state index contributed by atoms with van der Waals surface area (Å²) in [6.45, 7) is 3.91. The molecule has 41 heavy (non-hydrogen) atoms. The van der Waals surface area contributed by atoms with Gasteiger partial charge in [0.15, 0.2) is 18.1 Å². The molecule has 0 radical (unpaired) electrons. The lowest BCUT2D eigenvalue weighted by molar-refractivity contribution is 0.125. The summed E-state index contributed by atoms with van der Waals surface area (Å²) in [6, 6.07) is 21.2. The largest absolute Gasteiger partial charge is 0.497 e. The number of methoxy groups -OCH3 is 1. The van der Waals surface area contributed by atoms with Crippen LogP contribution in [0.4, 0.5) is 0 Å². The first-order valence-corrected chi connectivity index (χ1v) is 13.0. The summed E-state index contributed by atoms with van der Waals surface area (Å²) in [7, 11) is 1.63. The van der Waals surface area contributed by atoms with E-state index in [0.29, 0.717) is 23.2 Å². The quantitative estimate of drug-likeness (QED) is 0.191. The SMILES string of the molecule is COc1ccc(/C(C)=N\OCc2nc3c4c(ncn3n2)Oc2c(c(C)nn2-c2ccccc2)C4c2ccco2)cc1. The third-order valence-electron chi connectivity index (χ3n) is 7.00. The summed E-state index contributed by atoms with van der Waals surface area (Å²) in [6.07, 6.45) is 3.23. The van der Waals surface area contributed by atoms with E-state index in [-0.39, 0.29) is 12.5 Å². The maximum Gasteiger partial charge on any atom is 0.230 e. The molecule has 6 aromatic rings. The fourth-order valence-electron chi connectivity index (χ4n) is 5.04. The Labute approximate surface area is 234 Å². The topological polar surface area (TPSA) is 114 Å². The summed E-state index contributed by atoms with van der Waals surface area (Å²) in [5, 5.41) is 13.7. The third-order valence-corrected chi connectivity index (χ3v) is 7.00. The van der Waals surface area contributed by atoms with Crippen molar-refractivity contribution in [2.24, 2.45) is 5.16 Å². The third kappa shape index (κ3) is 4.27. The van der Waals surface area contributed by atoms with Crippen LogP contribution in [0.5, 0.6) is 17.5 Å². The average molecular weight is 548 g/mol. The van der Waals surface area contributed by atoms with Gasteiger partial charge in [0.1, 0.15) is 17.8 Å². The van der Waals surface area contributed by atoms with E-state index in [4.69, 9.17) is 28.8 Å². The zero-order valence-electron chi connectivity index (χ0n) is 22.6. The van der Waals surface area contributed by atoms with Crippen LogP contribution in [0.25, 0.3) is 11.3 Å². The van der Waals surface area contributed by atoms with Gasteiger partial charge >= 0.3 is 0 Å². The van der Waals surface area contributed by atoms with Gasteiger partial charge in [-0.2, -0.15) is 5.10 Å². The van der Waals surface area contributed by atoms with E-state index in [1.54, 1.807) is 28.9 Å². The Kier molecular flexibility index (Phi) is 5.96. The first-order chi connectivity index (χ1) is 20.1. The molecule has 0 spiro atoms. The van der Waals surface area contributed by atoms with Gasteiger partial charge in [-0.1, -0.05) is 23.4 Å². The van der Waals surface area contributed by atoms with E-state index in [0.717, 1.165) is 45.3 Å². The average Bonchev–Trinajstić information content (AvgIpc) is 3.76. The van der Waals surface area contributed by atoms with Crippen molar-refractivity contribution in [3.8, 4) is 23.2 Å². The molecule has 1 atom stereocenters. The second kappa shape index (κ2) is 9.94. The highest BCUT2D eigenvalue weighted by molar-refractivity contribution is 5.98. The highest BCUT2D eigenvalue weighted by Crippen LogP contribution is 2.49. The fourth-order valence-corrected chi connectivity index (χ4v) is 5.04. The number of nitrogens with zero attached hydrogens (tertiary/aromatic N) is 7. The van der Waals surface area contributed by atoms with Gasteiger partial charge in [-0.3, -0.25) is 0 Å². The van der Waals surface area contributed by atoms with Gasteiger partial charge in [0.2, 0.25) is 11.8 Å². The molecule has 11 heteroatoms. The van der Waals surface area contributed by atoms with Crippen molar-refractivity contribution in [3.05, 3.63) is 113 Å². The highest BCUT2D eigenvalue weighted by Gasteiger charge is 2.39. The molecule has 4 aromatic heterocycles. The van der Waals surface area contributed by atoms with Gasteiger partial charge in [0, 0.05) is 0 Å². The van der Waals surface area contributed by atoms with Crippen LogP contribution in [0.2, 0.25) is 0 Å². The summed E-state index contributed by atoms with van der Waals surface area (Å²) in [5.41, 5.74) is 5.54. The number of ether oxygens (including phenoxy) is 2. The Bertz CT molecular complexity index is 1870. The minimum Gasteiger partial charge on any atom is -0.497 e. The van der Waals surface area contributed by atoms with Crippen LogP contribution < -0.4 is 9.47 Å². The molecule has 0 saturated carbocycles. The monoisotopic (exact) mass is 547 g/mol. The Morgan fingerprint density at radius 1 is 1.00 bits per heavy atom. The number of para-hydroxylation sites is 1. The molecule has 0 saturated heterocycles. The van der Waals surface area contributed by atoms with Gasteiger partial charge in [-0.05, 0) is 67.9 Å². The molecule has 11 nitrogen and oxygen atoms in total. The van der Waals surface area contributed by atoms with Crippen molar-refractivity contribution in [1.82, 2.24) is 29.4 Å². The minimum atomic E-state index is -0.356. The van der Waals surface area contributed by atoms with Gasteiger partial charge in [0.05, 0.1) is 47.5 Å². The molecule has 0 N–H and O–H groups in total. The van der Waals surface area contributed by atoms with Gasteiger partial charge < -0.3 is 18.7 Å². The lowest BCUT2D eigenvalue weighted by atomic mass is 9.88. The molecule has 0 aliphatic carbocycles. The van der Waals surface area contributed by atoms with Crippen LogP contribution in [0, 0.1) is 6.92 Å². The van der Waals surface area contributed by atoms with Gasteiger partial charge in [-0.25, -0.2) is 19.2 Å². The molecule has 2 aromatic carbocycles. The normalized spacial score (nSPS) is 14.4. The standard InChI is InChI=1S/C30H25N7O4/c1-18(20-11-13-22(38-3)14-12-20)35-40-16-24-32-28-27-26(23-10-7-15-39-23)25-19(2)33-37(21-8-5-4-6-9-21)30(25)41-29(27)31-17-36(28)34-24/h4-15,17,26H,16H2,1-3H3/b35-18-. The Morgan fingerprint density at radius 2 is 1.83 bits per heavy atom. The zero-order chi connectivity index (χ0) is 27.9. The molecular formula is C30H25N7O4. The number of furan rings is 1. The number of oxime groups is 1. The number of aromatic nitrogens is 6. The van der Waals surface area contributed by atoms with Gasteiger partial charge in [-0.15, -0.1) is 5.10 Å². The van der Waals surface area contributed by atoms with Crippen molar-refractivity contribution < 1.29 is 18.7 Å². The van der Waals surface area contributed by atoms with Crippen LogP contribution in [-0.2, 0) is 11.4 Å². The second-order valence-corrected chi connectivity index (χ2v) is 9.54. The van der Waals surface area contributed by atoms with Crippen molar-refractivity contribution in [2.75, 3.05) is 7.11 Å². The van der Waals surface area contributed by atoms with E-state index in [9.17, 15) is 0 Å². The first kappa shape index (κ1) is 24.6. The van der Waals surface area contributed by atoms with Crippen molar-refractivity contribution >= 4 is 11.4 Å². The molecule has 1 aliphatic heterocycles. The maximum absolute atomic E-state index is 6.41. The van der Waals surface area contributed by atoms with Crippen LogP contribution in [0.3, 0.4) is 0 Å².